The van der Waals surface area contributed by atoms with E-state index in [1.165, 1.54) is 0 Å². The summed E-state index contributed by atoms with van der Waals surface area (Å²) in [5.41, 5.74) is 6.34. The zero-order valence-corrected chi connectivity index (χ0v) is 10.7. The molecular formula is C11H15FN2O3S. The monoisotopic (exact) mass is 274 g/mol. The number of hydrogen-bond acceptors (Lipinski definition) is 4. The number of aryl methyl sites for hydroxylation is 1. The van der Waals surface area contributed by atoms with Crippen LogP contribution >= 0.6 is 0 Å². The molecule has 0 saturated carbocycles. The summed E-state index contributed by atoms with van der Waals surface area (Å²) < 4.78 is 39.2. The van der Waals surface area contributed by atoms with Gasteiger partial charge in [-0.15, -0.1) is 0 Å². The average molecular weight is 274 g/mol. The van der Waals surface area contributed by atoms with Gasteiger partial charge in [0.25, 0.3) is 0 Å². The summed E-state index contributed by atoms with van der Waals surface area (Å²) in [5.74, 6) is -0.817. The van der Waals surface area contributed by atoms with Crippen LogP contribution in [0.5, 0.6) is 0 Å². The summed E-state index contributed by atoms with van der Waals surface area (Å²) >= 11 is 0. The molecule has 1 heterocycles. The van der Waals surface area contributed by atoms with Crippen molar-refractivity contribution in [2.75, 3.05) is 18.8 Å². The lowest BCUT2D eigenvalue weighted by Gasteiger charge is -2.17. The second kappa shape index (κ2) is 4.49. The molecule has 5 nitrogen and oxygen atoms in total. The Kier molecular flexibility index (Phi) is 3.31. The molecule has 1 saturated heterocycles. The summed E-state index contributed by atoms with van der Waals surface area (Å²) in [6.07, 6.45) is -0.326. The summed E-state index contributed by atoms with van der Waals surface area (Å²) in [4.78, 5) is -0.431. The van der Waals surface area contributed by atoms with Crippen molar-refractivity contribution in [3.05, 3.63) is 23.5 Å². The van der Waals surface area contributed by atoms with E-state index < -0.39 is 26.8 Å². The van der Waals surface area contributed by atoms with E-state index >= 15 is 0 Å². The molecule has 0 spiro atoms. The van der Waals surface area contributed by atoms with Crippen LogP contribution in [0.2, 0.25) is 0 Å². The first kappa shape index (κ1) is 13.3. The lowest BCUT2D eigenvalue weighted by atomic mass is 10.2. The molecule has 2 rings (SSSR count). The van der Waals surface area contributed by atoms with Crippen molar-refractivity contribution in [1.29, 1.82) is 0 Å². The SMILES string of the molecule is Cc1cc(F)c(S(=O)(=O)N2CCC(O)C2)cc1N. The molecule has 18 heavy (non-hydrogen) atoms. The van der Waals surface area contributed by atoms with Crippen molar-refractivity contribution in [3.63, 3.8) is 0 Å². The number of aliphatic hydroxyl groups excluding tert-OH is 1. The minimum Gasteiger partial charge on any atom is -0.398 e. The summed E-state index contributed by atoms with van der Waals surface area (Å²) in [6.45, 7) is 1.79. The molecule has 0 amide bonds. The van der Waals surface area contributed by atoms with E-state index in [-0.39, 0.29) is 18.8 Å². The Bertz CT molecular complexity index is 574. The number of hydrogen-bond donors (Lipinski definition) is 2. The molecule has 0 aliphatic carbocycles. The first-order valence-corrected chi connectivity index (χ1v) is 7.00. The highest BCUT2D eigenvalue weighted by molar-refractivity contribution is 7.89. The lowest BCUT2D eigenvalue weighted by molar-refractivity contribution is 0.189. The van der Waals surface area contributed by atoms with Gasteiger partial charge in [-0.3, -0.25) is 0 Å². The van der Waals surface area contributed by atoms with Gasteiger partial charge in [-0.2, -0.15) is 4.31 Å². The summed E-state index contributed by atoms with van der Waals surface area (Å²) in [5, 5.41) is 9.35. The lowest BCUT2D eigenvalue weighted by Crippen LogP contribution is -2.30. The molecule has 100 valence electrons. The number of nitrogens with zero attached hydrogens (tertiary/aromatic N) is 1. The fourth-order valence-electron chi connectivity index (χ4n) is 1.93. The Hall–Kier alpha value is -1.18. The Morgan fingerprint density at radius 3 is 2.72 bits per heavy atom. The minimum atomic E-state index is -3.92. The number of aliphatic hydroxyl groups is 1. The van der Waals surface area contributed by atoms with Crippen molar-refractivity contribution >= 4 is 15.7 Å². The number of benzene rings is 1. The molecule has 1 atom stereocenters. The third kappa shape index (κ3) is 2.21. The van der Waals surface area contributed by atoms with Gasteiger partial charge in [-0.1, -0.05) is 0 Å². The molecule has 0 aromatic heterocycles. The standard InChI is InChI=1S/C11H15FN2O3S/c1-7-4-9(12)11(5-10(7)13)18(16,17)14-3-2-8(15)6-14/h4-5,8,15H,2-3,6,13H2,1H3. The Balaban J connectivity index is 2.45. The Labute approximate surface area is 105 Å². The van der Waals surface area contributed by atoms with Crippen LogP contribution in [0.3, 0.4) is 0 Å². The normalized spacial score (nSPS) is 21.4. The predicted molar refractivity (Wildman–Crippen MR) is 64.9 cm³/mol. The Morgan fingerprint density at radius 1 is 1.50 bits per heavy atom. The van der Waals surface area contributed by atoms with E-state index in [4.69, 9.17) is 5.73 Å². The second-order valence-corrected chi connectivity index (χ2v) is 6.35. The van der Waals surface area contributed by atoms with Crippen molar-refractivity contribution in [2.45, 2.75) is 24.3 Å². The molecule has 7 heteroatoms. The van der Waals surface area contributed by atoms with Crippen LogP contribution in [0, 0.1) is 12.7 Å². The summed E-state index contributed by atoms with van der Waals surface area (Å²) in [7, 11) is -3.92. The molecule has 0 bridgehead atoms. The van der Waals surface area contributed by atoms with Gasteiger partial charge in [0.1, 0.15) is 10.7 Å². The van der Waals surface area contributed by atoms with E-state index in [0.717, 1.165) is 16.4 Å². The Morgan fingerprint density at radius 2 is 2.17 bits per heavy atom. The van der Waals surface area contributed by atoms with Crippen molar-refractivity contribution in [1.82, 2.24) is 4.31 Å². The van der Waals surface area contributed by atoms with Crippen molar-refractivity contribution < 1.29 is 17.9 Å². The van der Waals surface area contributed by atoms with Crippen LogP contribution in [0.25, 0.3) is 0 Å². The number of anilines is 1. The van der Waals surface area contributed by atoms with E-state index in [0.29, 0.717) is 12.0 Å². The van der Waals surface area contributed by atoms with E-state index in [1.54, 1.807) is 6.92 Å². The highest BCUT2D eigenvalue weighted by Crippen LogP contribution is 2.26. The third-order valence-electron chi connectivity index (χ3n) is 3.06. The van der Waals surface area contributed by atoms with Crippen LogP contribution in [-0.2, 0) is 10.0 Å². The van der Waals surface area contributed by atoms with Crippen LogP contribution in [0.1, 0.15) is 12.0 Å². The van der Waals surface area contributed by atoms with E-state index in [9.17, 15) is 17.9 Å². The minimum absolute atomic E-state index is 0.00441. The van der Waals surface area contributed by atoms with Crippen molar-refractivity contribution in [2.24, 2.45) is 0 Å². The molecule has 1 aromatic carbocycles. The largest absolute Gasteiger partial charge is 0.398 e. The van der Waals surface area contributed by atoms with E-state index in [2.05, 4.69) is 0 Å². The quantitative estimate of drug-likeness (QED) is 0.768. The highest BCUT2D eigenvalue weighted by atomic mass is 32.2. The van der Waals surface area contributed by atoms with Gasteiger partial charge >= 0.3 is 0 Å². The summed E-state index contributed by atoms with van der Waals surface area (Å²) in [6, 6.07) is 2.24. The van der Waals surface area contributed by atoms with E-state index in [1.807, 2.05) is 0 Å². The van der Waals surface area contributed by atoms with Gasteiger partial charge in [0, 0.05) is 18.8 Å². The third-order valence-corrected chi connectivity index (χ3v) is 4.94. The predicted octanol–water partition coefficient (Wildman–Crippen LogP) is 0.472. The van der Waals surface area contributed by atoms with Gasteiger partial charge < -0.3 is 10.8 Å². The number of halogens is 1. The molecular weight excluding hydrogens is 259 g/mol. The van der Waals surface area contributed by atoms with Crippen molar-refractivity contribution in [3.8, 4) is 0 Å². The number of nitrogen functional groups attached to an aromatic ring is 1. The number of sulfonamides is 1. The van der Waals surface area contributed by atoms with Gasteiger partial charge in [-0.25, -0.2) is 12.8 Å². The zero-order chi connectivity index (χ0) is 13.5. The number of β-amino-alcohol motifs (C(OH)–C–C–N with tert-alkyl or cyclic N) is 1. The highest BCUT2D eigenvalue weighted by Gasteiger charge is 2.33. The molecule has 1 aliphatic heterocycles. The molecule has 1 fully saturated rings. The maximum Gasteiger partial charge on any atom is 0.246 e. The first-order chi connectivity index (χ1) is 8.32. The van der Waals surface area contributed by atoms with Gasteiger partial charge in [0.05, 0.1) is 6.10 Å². The molecule has 0 radical (unpaired) electrons. The van der Waals surface area contributed by atoms with Gasteiger partial charge in [0.2, 0.25) is 10.0 Å². The number of nitrogens with two attached hydrogens (primary N) is 1. The maximum atomic E-state index is 13.8. The van der Waals surface area contributed by atoms with Crippen LogP contribution in [0.15, 0.2) is 17.0 Å². The topological polar surface area (TPSA) is 83.6 Å². The fraction of sp³-hybridized carbons (Fsp3) is 0.455. The van der Waals surface area contributed by atoms with Crippen LogP contribution in [-0.4, -0.2) is 37.0 Å². The number of rotatable bonds is 2. The molecule has 1 unspecified atom stereocenters. The van der Waals surface area contributed by atoms with Gasteiger partial charge in [-0.05, 0) is 31.0 Å². The molecule has 1 aliphatic rings. The zero-order valence-electron chi connectivity index (χ0n) is 9.93. The fourth-order valence-corrected chi connectivity index (χ4v) is 3.51. The maximum absolute atomic E-state index is 13.8. The average Bonchev–Trinajstić information content (AvgIpc) is 2.70. The second-order valence-electron chi connectivity index (χ2n) is 4.44. The smallest absolute Gasteiger partial charge is 0.246 e. The first-order valence-electron chi connectivity index (χ1n) is 5.56. The van der Waals surface area contributed by atoms with Gasteiger partial charge in [0.15, 0.2) is 0 Å². The molecule has 1 aromatic rings. The van der Waals surface area contributed by atoms with Crippen LogP contribution in [0.4, 0.5) is 10.1 Å². The van der Waals surface area contributed by atoms with Crippen LogP contribution < -0.4 is 5.73 Å². The molecule has 3 N–H and O–H groups in total.